The summed E-state index contributed by atoms with van der Waals surface area (Å²) >= 11 is 0. The minimum atomic E-state index is 0.552. The molecule has 1 saturated carbocycles. The SMILES string of the molecule is CCC1(CC)CCC(c2cc3c4c([n+](C)ccc4c2)-c2c(c(CC(C)C)c4ccccc4c2C)O3)CC1. The van der Waals surface area contributed by atoms with Crippen molar-refractivity contribution >= 4 is 21.5 Å². The fourth-order valence-electron chi connectivity index (χ4n) is 7.40. The van der Waals surface area contributed by atoms with Crippen LogP contribution in [0, 0.1) is 18.3 Å². The molecule has 1 aliphatic heterocycles. The van der Waals surface area contributed by atoms with Crippen LogP contribution in [0.4, 0.5) is 0 Å². The summed E-state index contributed by atoms with van der Waals surface area (Å²) in [6.07, 6.45) is 11.2. The number of fused-ring (bicyclic) bond motifs is 3. The van der Waals surface area contributed by atoms with Crippen LogP contribution in [0.5, 0.6) is 11.5 Å². The van der Waals surface area contributed by atoms with E-state index in [2.05, 4.69) is 94.9 Å². The highest BCUT2D eigenvalue weighted by atomic mass is 16.5. The molecule has 0 spiro atoms. The molecule has 37 heavy (non-hydrogen) atoms. The van der Waals surface area contributed by atoms with E-state index in [0.717, 1.165) is 17.9 Å². The number of benzene rings is 3. The molecule has 192 valence electrons. The van der Waals surface area contributed by atoms with Crippen molar-refractivity contribution in [3.63, 3.8) is 0 Å². The van der Waals surface area contributed by atoms with Crippen LogP contribution in [0.25, 0.3) is 32.8 Å². The van der Waals surface area contributed by atoms with Crippen molar-refractivity contribution in [1.29, 1.82) is 0 Å². The zero-order valence-electron chi connectivity index (χ0n) is 23.6. The molecule has 0 unspecified atom stereocenters. The molecule has 0 atom stereocenters. The third-order valence-electron chi connectivity index (χ3n) is 9.83. The first-order chi connectivity index (χ1) is 17.9. The molecule has 0 amide bonds. The summed E-state index contributed by atoms with van der Waals surface area (Å²) in [4.78, 5) is 0. The molecule has 1 aromatic heterocycles. The zero-order chi connectivity index (χ0) is 25.9. The maximum atomic E-state index is 7.03. The number of hydrogen-bond donors (Lipinski definition) is 0. The standard InChI is InChI=1S/C35H42NO/c1-7-35(8-2)16-13-24(14-17-35)26-20-25-15-18-36(6)33-31-23(5)27-11-9-10-12-28(27)29(19-22(3)4)34(31)37-30(21-26)32(25)33/h9-12,15,18,20-22,24H,7-8,13-14,16-17,19H2,1-6H3/q+1. The predicted molar refractivity (Wildman–Crippen MR) is 156 cm³/mol. The molecule has 6 rings (SSSR count). The third-order valence-corrected chi connectivity index (χ3v) is 9.83. The van der Waals surface area contributed by atoms with Gasteiger partial charge in [0.15, 0.2) is 6.20 Å². The lowest BCUT2D eigenvalue weighted by atomic mass is 9.66. The molecule has 4 aromatic rings. The molecule has 0 bridgehead atoms. The van der Waals surface area contributed by atoms with E-state index in [4.69, 9.17) is 4.74 Å². The van der Waals surface area contributed by atoms with Gasteiger partial charge in [0.1, 0.15) is 18.5 Å². The number of nitrogens with zero attached hydrogens (tertiary/aromatic N) is 1. The molecule has 2 heterocycles. The Kier molecular flexibility index (Phi) is 6.05. The third kappa shape index (κ3) is 3.87. The molecule has 0 radical (unpaired) electrons. The second kappa shape index (κ2) is 9.15. The Hall–Kier alpha value is -2.87. The van der Waals surface area contributed by atoms with Gasteiger partial charge in [0, 0.05) is 11.6 Å². The van der Waals surface area contributed by atoms with Gasteiger partial charge < -0.3 is 4.74 Å². The van der Waals surface area contributed by atoms with E-state index in [-0.39, 0.29) is 0 Å². The Bertz CT molecular complexity index is 1500. The van der Waals surface area contributed by atoms with Crippen molar-refractivity contribution in [2.24, 2.45) is 18.4 Å². The Labute approximate surface area is 222 Å². The van der Waals surface area contributed by atoms with Crippen LogP contribution in [0.15, 0.2) is 48.7 Å². The molecule has 0 N–H and O–H groups in total. The van der Waals surface area contributed by atoms with Crippen molar-refractivity contribution in [3.8, 4) is 22.8 Å². The second-order valence-electron chi connectivity index (χ2n) is 12.3. The molecule has 3 aromatic carbocycles. The van der Waals surface area contributed by atoms with Crippen molar-refractivity contribution < 1.29 is 9.30 Å². The Morgan fingerprint density at radius 2 is 1.70 bits per heavy atom. The molecule has 2 aliphatic rings. The molecule has 0 saturated heterocycles. The van der Waals surface area contributed by atoms with E-state index in [0.29, 0.717) is 17.3 Å². The predicted octanol–water partition coefficient (Wildman–Crippen LogP) is 9.56. The highest BCUT2D eigenvalue weighted by Gasteiger charge is 2.36. The van der Waals surface area contributed by atoms with E-state index in [1.54, 1.807) is 0 Å². The average molecular weight is 493 g/mol. The highest BCUT2D eigenvalue weighted by molar-refractivity contribution is 6.06. The van der Waals surface area contributed by atoms with Crippen molar-refractivity contribution in [2.75, 3.05) is 0 Å². The fraction of sp³-hybridized carbons (Fsp3) is 0.457. The summed E-state index contributed by atoms with van der Waals surface area (Å²) in [6, 6.07) is 16.1. The van der Waals surface area contributed by atoms with Gasteiger partial charge in [0.2, 0.25) is 5.69 Å². The van der Waals surface area contributed by atoms with Gasteiger partial charge in [0.25, 0.3) is 0 Å². The van der Waals surface area contributed by atoms with Gasteiger partial charge in [-0.3, -0.25) is 0 Å². The van der Waals surface area contributed by atoms with E-state index < -0.39 is 0 Å². The smallest absolute Gasteiger partial charge is 0.228 e. The first-order valence-corrected chi connectivity index (χ1v) is 14.5. The summed E-state index contributed by atoms with van der Waals surface area (Å²) < 4.78 is 9.34. The normalized spacial score (nSPS) is 16.8. The van der Waals surface area contributed by atoms with Gasteiger partial charge >= 0.3 is 0 Å². The molecule has 2 nitrogen and oxygen atoms in total. The topological polar surface area (TPSA) is 13.1 Å². The van der Waals surface area contributed by atoms with Crippen molar-refractivity contribution in [3.05, 3.63) is 65.4 Å². The largest absolute Gasteiger partial charge is 0.455 e. The second-order valence-corrected chi connectivity index (χ2v) is 12.3. The van der Waals surface area contributed by atoms with E-state index in [9.17, 15) is 0 Å². The van der Waals surface area contributed by atoms with Crippen molar-refractivity contribution in [1.82, 2.24) is 0 Å². The van der Waals surface area contributed by atoms with Gasteiger partial charge in [-0.2, -0.15) is 0 Å². The fourth-order valence-corrected chi connectivity index (χ4v) is 7.40. The van der Waals surface area contributed by atoms with Gasteiger partial charge in [-0.15, -0.1) is 0 Å². The Morgan fingerprint density at radius 1 is 1.00 bits per heavy atom. The van der Waals surface area contributed by atoms with Gasteiger partial charge in [-0.25, -0.2) is 4.57 Å². The van der Waals surface area contributed by atoms with Crippen LogP contribution in [0.3, 0.4) is 0 Å². The van der Waals surface area contributed by atoms with Crippen LogP contribution in [0.1, 0.15) is 88.8 Å². The number of ether oxygens (including phenoxy) is 1. The number of rotatable bonds is 5. The van der Waals surface area contributed by atoms with Crippen LogP contribution in [-0.2, 0) is 13.5 Å². The first-order valence-electron chi connectivity index (χ1n) is 14.5. The van der Waals surface area contributed by atoms with Crippen LogP contribution in [-0.4, -0.2) is 0 Å². The zero-order valence-corrected chi connectivity index (χ0v) is 23.6. The number of hydrogen-bond acceptors (Lipinski definition) is 1. The van der Waals surface area contributed by atoms with Crippen LogP contribution in [0.2, 0.25) is 0 Å². The van der Waals surface area contributed by atoms with E-state index in [1.165, 1.54) is 88.0 Å². The highest BCUT2D eigenvalue weighted by Crippen LogP contribution is 2.53. The van der Waals surface area contributed by atoms with Crippen LogP contribution >= 0.6 is 0 Å². The summed E-state index contributed by atoms with van der Waals surface area (Å²) in [5.74, 6) is 3.31. The molecule has 1 fully saturated rings. The lowest BCUT2D eigenvalue weighted by Crippen LogP contribution is -2.32. The van der Waals surface area contributed by atoms with Gasteiger partial charge in [-0.05, 0) is 89.6 Å². The molecular formula is C35H42NO+. The summed E-state index contributed by atoms with van der Waals surface area (Å²) in [7, 11) is 2.19. The minimum absolute atomic E-state index is 0.552. The summed E-state index contributed by atoms with van der Waals surface area (Å²) in [5.41, 5.74) is 7.27. The minimum Gasteiger partial charge on any atom is -0.455 e. The average Bonchev–Trinajstić information content (AvgIpc) is 2.92. The molecule has 1 aliphatic carbocycles. The molecular weight excluding hydrogens is 450 g/mol. The maximum Gasteiger partial charge on any atom is 0.228 e. The maximum absolute atomic E-state index is 7.03. The lowest BCUT2D eigenvalue weighted by molar-refractivity contribution is -0.659. The van der Waals surface area contributed by atoms with Crippen molar-refractivity contribution in [2.45, 2.75) is 85.5 Å². The summed E-state index contributed by atoms with van der Waals surface area (Å²) in [5, 5.41) is 5.26. The first kappa shape index (κ1) is 24.5. The monoisotopic (exact) mass is 492 g/mol. The Morgan fingerprint density at radius 3 is 2.38 bits per heavy atom. The van der Waals surface area contributed by atoms with E-state index >= 15 is 0 Å². The van der Waals surface area contributed by atoms with Crippen LogP contribution < -0.4 is 9.30 Å². The number of aromatic nitrogens is 1. The van der Waals surface area contributed by atoms with E-state index in [1.807, 2.05) is 0 Å². The number of pyridine rings is 1. The Balaban J connectivity index is 1.55. The molecule has 2 heteroatoms. The summed E-state index contributed by atoms with van der Waals surface area (Å²) in [6.45, 7) is 11.7. The lowest BCUT2D eigenvalue weighted by Gasteiger charge is -2.39. The quantitative estimate of drug-likeness (QED) is 0.223. The van der Waals surface area contributed by atoms with Gasteiger partial charge in [-0.1, -0.05) is 70.9 Å². The van der Waals surface area contributed by atoms with Gasteiger partial charge in [0.05, 0.1) is 10.9 Å². The number of aryl methyl sites for hydroxylation is 2.